The first-order valence-electron chi connectivity index (χ1n) is 9.66. The van der Waals surface area contributed by atoms with E-state index in [0.717, 1.165) is 24.9 Å². The minimum atomic E-state index is -0.676. The zero-order chi connectivity index (χ0) is 20.2. The lowest BCUT2D eigenvalue weighted by atomic mass is 10.1. The molecule has 8 nitrogen and oxygen atoms in total. The number of carbonyl (C=O) groups is 3. The molecule has 0 aliphatic carbocycles. The molecule has 0 bridgehead atoms. The number of nitrogens with one attached hydrogen (secondary N) is 3. The lowest BCUT2D eigenvalue weighted by molar-refractivity contribution is -0.145. The van der Waals surface area contributed by atoms with Gasteiger partial charge in [-0.15, -0.1) is 0 Å². The van der Waals surface area contributed by atoms with Gasteiger partial charge in [-0.1, -0.05) is 30.3 Å². The quantitative estimate of drug-likeness (QED) is 0.412. The fourth-order valence-electron chi connectivity index (χ4n) is 3.01. The summed E-state index contributed by atoms with van der Waals surface area (Å²) < 4.78 is 9.91. The summed E-state index contributed by atoms with van der Waals surface area (Å²) in [4.78, 5) is 35.8. The molecule has 1 aromatic carbocycles. The Hall–Kier alpha value is -2.61. The van der Waals surface area contributed by atoms with Crippen molar-refractivity contribution < 1.29 is 23.9 Å². The van der Waals surface area contributed by atoms with Gasteiger partial charge in [-0.2, -0.15) is 0 Å². The summed E-state index contributed by atoms with van der Waals surface area (Å²) in [6, 6.07) is 8.52. The second kappa shape index (κ2) is 12.0. The van der Waals surface area contributed by atoms with Crippen molar-refractivity contribution in [1.29, 1.82) is 0 Å². The van der Waals surface area contributed by atoms with Crippen molar-refractivity contribution >= 4 is 18.0 Å². The van der Waals surface area contributed by atoms with Crippen LogP contribution in [0.1, 0.15) is 37.7 Å². The highest BCUT2D eigenvalue weighted by atomic mass is 16.5. The second-order valence-electron chi connectivity index (χ2n) is 6.72. The number of carbonyl (C=O) groups excluding carboxylic acids is 3. The van der Waals surface area contributed by atoms with Crippen LogP contribution < -0.4 is 16.0 Å². The van der Waals surface area contributed by atoms with Gasteiger partial charge in [0.15, 0.2) is 0 Å². The first kappa shape index (κ1) is 21.7. The normalized spacial score (nSPS) is 16.8. The monoisotopic (exact) mass is 391 g/mol. The van der Waals surface area contributed by atoms with Crippen LogP contribution in [0.3, 0.4) is 0 Å². The fourth-order valence-corrected chi connectivity index (χ4v) is 3.01. The van der Waals surface area contributed by atoms with E-state index in [4.69, 9.17) is 9.47 Å². The molecule has 1 aliphatic heterocycles. The van der Waals surface area contributed by atoms with Gasteiger partial charge in [-0.25, -0.2) is 9.59 Å². The highest BCUT2D eigenvalue weighted by molar-refractivity contribution is 5.87. The van der Waals surface area contributed by atoms with Crippen LogP contribution in [0.4, 0.5) is 4.79 Å². The molecule has 154 valence electrons. The van der Waals surface area contributed by atoms with Gasteiger partial charge >= 0.3 is 12.1 Å². The van der Waals surface area contributed by atoms with E-state index in [1.165, 1.54) is 7.11 Å². The summed E-state index contributed by atoms with van der Waals surface area (Å²) in [5.74, 6) is -0.628. The Kier molecular flexibility index (Phi) is 9.27. The summed E-state index contributed by atoms with van der Waals surface area (Å²) in [6.07, 6.45) is 3.00. The Balaban J connectivity index is 1.62. The molecule has 0 spiro atoms. The SMILES string of the molecule is COC(=O)[C@H](CCCCNC(=O)OCc1ccccc1)NC(=O)[C@@H]1CCCN1. The van der Waals surface area contributed by atoms with Crippen LogP contribution in [0.5, 0.6) is 0 Å². The molecule has 0 radical (unpaired) electrons. The molecular formula is C20H29N3O5. The predicted octanol–water partition coefficient (Wildman–Crippen LogP) is 1.49. The third-order valence-electron chi connectivity index (χ3n) is 4.58. The molecule has 1 saturated heterocycles. The Labute approximate surface area is 165 Å². The molecule has 8 heteroatoms. The average Bonchev–Trinajstić information content (AvgIpc) is 3.26. The van der Waals surface area contributed by atoms with Gasteiger partial charge in [-0.05, 0) is 44.2 Å². The molecule has 28 heavy (non-hydrogen) atoms. The lowest BCUT2D eigenvalue weighted by Crippen LogP contribution is -2.48. The molecule has 2 amide bonds. The summed E-state index contributed by atoms with van der Waals surface area (Å²) in [5, 5.41) is 8.55. The number of hydrogen-bond donors (Lipinski definition) is 3. The van der Waals surface area contributed by atoms with Crippen LogP contribution in [-0.2, 0) is 25.7 Å². The molecule has 0 aromatic heterocycles. The van der Waals surface area contributed by atoms with Crippen LogP contribution in [0.2, 0.25) is 0 Å². The van der Waals surface area contributed by atoms with Crippen molar-refractivity contribution in [3.05, 3.63) is 35.9 Å². The number of esters is 1. The Morgan fingerprint density at radius 3 is 2.68 bits per heavy atom. The van der Waals surface area contributed by atoms with E-state index in [0.29, 0.717) is 25.8 Å². The van der Waals surface area contributed by atoms with E-state index < -0.39 is 18.1 Å². The third-order valence-corrected chi connectivity index (χ3v) is 4.58. The molecule has 0 saturated carbocycles. The maximum absolute atomic E-state index is 12.2. The van der Waals surface area contributed by atoms with Crippen LogP contribution >= 0.6 is 0 Å². The predicted molar refractivity (Wildman–Crippen MR) is 103 cm³/mol. The molecule has 3 N–H and O–H groups in total. The number of ether oxygens (including phenoxy) is 2. The standard InChI is InChI=1S/C20H29N3O5/c1-27-19(25)17(23-18(24)16-11-7-13-21-16)10-5-6-12-22-20(26)28-14-15-8-3-2-4-9-15/h2-4,8-9,16-17,21H,5-7,10-14H2,1H3,(H,22,26)(H,23,24)/t16-,17-/m0/s1. The van der Waals surface area contributed by atoms with Gasteiger partial charge in [0, 0.05) is 6.54 Å². The van der Waals surface area contributed by atoms with E-state index in [9.17, 15) is 14.4 Å². The Bertz CT molecular complexity index is 632. The zero-order valence-corrected chi connectivity index (χ0v) is 16.2. The van der Waals surface area contributed by atoms with E-state index in [-0.39, 0.29) is 18.6 Å². The van der Waals surface area contributed by atoms with Crippen molar-refractivity contribution in [3.63, 3.8) is 0 Å². The number of unbranched alkanes of at least 4 members (excludes halogenated alkanes) is 1. The molecular weight excluding hydrogens is 362 g/mol. The minimum Gasteiger partial charge on any atom is -0.467 e. The molecule has 1 fully saturated rings. The van der Waals surface area contributed by atoms with E-state index in [1.807, 2.05) is 30.3 Å². The van der Waals surface area contributed by atoms with Crippen LogP contribution in [0.15, 0.2) is 30.3 Å². The fraction of sp³-hybridized carbons (Fsp3) is 0.550. The zero-order valence-electron chi connectivity index (χ0n) is 16.2. The van der Waals surface area contributed by atoms with Crippen molar-refractivity contribution in [3.8, 4) is 0 Å². The van der Waals surface area contributed by atoms with E-state index in [1.54, 1.807) is 0 Å². The maximum atomic E-state index is 12.2. The summed E-state index contributed by atoms with van der Waals surface area (Å²) in [7, 11) is 1.31. The van der Waals surface area contributed by atoms with Crippen LogP contribution in [0.25, 0.3) is 0 Å². The average molecular weight is 391 g/mol. The lowest BCUT2D eigenvalue weighted by Gasteiger charge is -2.19. The smallest absolute Gasteiger partial charge is 0.407 e. The van der Waals surface area contributed by atoms with Crippen molar-refractivity contribution in [1.82, 2.24) is 16.0 Å². The Morgan fingerprint density at radius 2 is 2.00 bits per heavy atom. The topological polar surface area (TPSA) is 106 Å². The highest BCUT2D eigenvalue weighted by Crippen LogP contribution is 2.08. The van der Waals surface area contributed by atoms with Crippen molar-refractivity contribution in [2.45, 2.75) is 50.8 Å². The summed E-state index contributed by atoms with van der Waals surface area (Å²) >= 11 is 0. The number of methoxy groups -OCH3 is 1. The van der Waals surface area contributed by atoms with Gasteiger partial charge in [0.2, 0.25) is 5.91 Å². The molecule has 1 aromatic rings. The molecule has 0 unspecified atom stereocenters. The maximum Gasteiger partial charge on any atom is 0.407 e. The van der Waals surface area contributed by atoms with Crippen LogP contribution in [0, 0.1) is 0 Å². The van der Waals surface area contributed by atoms with Gasteiger partial charge in [-0.3, -0.25) is 4.79 Å². The first-order valence-corrected chi connectivity index (χ1v) is 9.66. The summed E-state index contributed by atoms with van der Waals surface area (Å²) in [5.41, 5.74) is 0.922. The number of rotatable bonds is 10. The van der Waals surface area contributed by atoms with E-state index >= 15 is 0 Å². The van der Waals surface area contributed by atoms with Crippen LogP contribution in [-0.4, -0.2) is 50.3 Å². The van der Waals surface area contributed by atoms with Gasteiger partial charge in [0.1, 0.15) is 12.6 Å². The minimum absolute atomic E-state index is 0.171. The highest BCUT2D eigenvalue weighted by Gasteiger charge is 2.27. The Morgan fingerprint density at radius 1 is 1.21 bits per heavy atom. The largest absolute Gasteiger partial charge is 0.467 e. The molecule has 2 atom stereocenters. The second-order valence-corrected chi connectivity index (χ2v) is 6.72. The summed E-state index contributed by atoms with van der Waals surface area (Å²) in [6.45, 7) is 1.46. The van der Waals surface area contributed by atoms with Crippen molar-refractivity contribution in [2.24, 2.45) is 0 Å². The molecule has 1 aliphatic rings. The van der Waals surface area contributed by atoms with Gasteiger partial charge in [0.05, 0.1) is 13.2 Å². The van der Waals surface area contributed by atoms with Crippen molar-refractivity contribution in [2.75, 3.05) is 20.2 Å². The molecule has 2 rings (SSSR count). The van der Waals surface area contributed by atoms with E-state index in [2.05, 4.69) is 16.0 Å². The molecule has 1 heterocycles. The number of amides is 2. The number of alkyl carbamates (subject to hydrolysis) is 1. The van der Waals surface area contributed by atoms with Gasteiger partial charge < -0.3 is 25.4 Å². The third kappa shape index (κ3) is 7.56. The number of benzene rings is 1. The van der Waals surface area contributed by atoms with Gasteiger partial charge in [0.25, 0.3) is 0 Å². The first-order chi connectivity index (χ1) is 13.6. The number of hydrogen-bond acceptors (Lipinski definition) is 6.